The van der Waals surface area contributed by atoms with Crippen molar-refractivity contribution in [3.05, 3.63) is 47.7 Å². The molecule has 1 aromatic carbocycles. The molecule has 1 amide bonds. The number of carbonyl (C=O) groups is 2. The van der Waals surface area contributed by atoms with Crippen LogP contribution in [0.4, 0.5) is 5.82 Å². The Morgan fingerprint density at radius 3 is 2.32 bits per heavy atom. The molecule has 0 saturated heterocycles. The number of methoxy groups -OCH3 is 3. The quantitative estimate of drug-likeness (QED) is 0.550. The SMILES string of the molecule is CCOC(=O)c1ccnc(NC(=O)/C=C/c2cc(OC)c(OC)c(OC)c2)c1. The molecular formula is C20H22N2O6. The number of nitrogens with zero attached hydrogens (tertiary/aromatic N) is 1. The maximum absolute atomic E-state index is 12.2. The average Bonchev–Trinajstić information content (AvgIpc) is 2.71. The Kier molecular flexibility index (Phi) is 7.38. The van der Waals surface area contributed by atoms with Crippen LogP contribution in [0.1, 0.15) is 22.8 Å². The Balaban J connectivity index is 2.14. The molecular weight excluding hydrogens is 364 g/mol. The number of aromatic nitrogens is 1. The van der Waals surface area contributed by atoms with Crippen LogP contribution in [0.15, 0.2) is 36.5 Å². The lowest BCUT2D eigenvalue weighted by atomic mass is 10.1. The Bertz CT molecular complexity index is 854. The van der Waals surface area contributed by atoms with Crippen molar-refractivity contribution in [2.45, 2.75) is 6.92 Å². The third-order valence-electron chi connectivity index (χ3n) is 3.64. The molecule has 8 nitrogen and oxygen atoms in total. The summed E-state index contributed by atoms with van der Waals surface area (Å²) in [4.78, 5) is 28.0. The van der Waals surface area contributed by atoms with Gasteiger partial charge in [0, 0.05) is 12.3 Å². The molecule has 0 saturated carbocycles. The number of esters is 1. The Labute approximate surface area is 163 Å². The molecule has 0 atom stereocenters. The molecule has 0 bridgehead atoms. The first kappa shape index (κ1) is 20.8. The van der Waals surface area contributed by atoms with Crippen molar-refractivity contribution in [2.75, 3.05) is 33.3 Å². The number of ether oxygens (including phenoxy) is 4. The lowest BCUT2D eigenvalue weighted by Crippen LogP contribution is -2.11. The monoisotopic (exact) mass is 386 g/mol. The summed E-state index contributed by atoms with van der Waals surface area (Å²) in [5.74, 6) is 0.767. The van der Waals surface area contributed by atoms with Gasteiger partial charge in [0.05, 0.1) is 33.5 Å². The van der Waals surface area contributed by atoms with Crippen LogP contribution in [-0.4, -0.2) is 44.8 Å². The number of nitrogens with one attached hydrogen (secondary N) is 1. The molecule has 1 N–H and O–H groups in total. The fourth-order valence-electron chi connectivity index (χ4n) is 2.38. The second-order valence-electron chi connectivity index (χ2n) is 5.43. The minimum Gasteiger partial charge on any atom is -0.493 e. The Hall–Kier alpha value is -3.55. The van der Waals surface area contributed by atoms with Gasteiger partial charge in [0.2, 0.25) is 11.7 Å². The topological polar surface area (TPSA) is 96.0 Å². The molecule has 0 radical (unpaired) electrons. The molecule has 2 rings (SSSR count). The third kappa shape index (κ3) is 5.23. The highest BCUT2D eigenvalue weighted by Gasteiger charge is 2.12. The zero-order valence-electron chi connectivity index (χ0n) is 16.1. The van der Waals surface area contributed by atoms with E-state index in [0.29, 0.717) is 28.4 Å². The molecule has 2 aromatic rings. The Morgan fingerprint density at radius 1 is 1.07 bits per heavy atom. The highest BCUT2D eigenvalue weighted by molar-refractivity contribution is 6.02. The summed E-state index contributed by atoms with van der Waals surface area (Å²) >= 11 is 0. The van der Waals surface area contributed by atoms with Crippen molar-refractivity contribution < 1.29 is 28.5 Å². The summed E-state index contributed by atoms with van der Waals surface area (Å²) in [6, 6.07) is 6.39. The first-order valence-corrected chi connectivity index (χ1v) is 8.44. The van der Waals surface area contributed by atoms with Gasteiger partial charge in [0.1, 0.15) is 5.82 Å². The summed E-state index contributed by atoms with van der Waals surface area (Å²) in [5.41, 5.74) is 0.985. The second-order valence-corrected chi connectivity index (χ2v) is 5.43. The minimum absolute atomic E-state index is 0.241. The van der Waals surface area contributed by atoms with Crippen molar-refractivity contribution in [1.29, 1.82) is 0 Å². The van der Waals surface area contributed by atoms with Crippen molar-refractivity contribution in [3.8, 4) is 17.2 Å². The molecule has 28 heavy (non-hydrogen) atoms. The number of amides is 1. The van der Waals surface area contributed by atoms with E-state index in [0.717, 1.165) is 0 Å². The van der Waals surface area contributed by atoms with E-state index in [1.807, 2.05) is 0 Å². The van der Waals surface area contributed by atoms with E-state index in [9.17, 15) is 9.59 Å². The fourth-order valence-corrected chi connectivity index (χ4v) is 2.38. The molecule has 0 aliphatic heterocycles. The van der Waals surface area contributed by atoms with E-state index >= 15 is 0 Å². The minimum atomic E-state index is -0.478. The highest BCUT2D eigenvalue weighted by Crippen LogP contribution is 2.38. The smallest absolute Gasteiger partial charge is 0.338 e. The van der Waals surface area contributed by atoms with Gasteiger partial charge in [-0.3, -0.25) is 4.79 Å². The first-order chi connectivity index (χ1) is 13.5. The van der Waals surface area contributed by atoms with Gasteiger partial charge in [-0.05, 0) is 42.8 Å². The predicted molar refractivity (Wildman–Crippen MR) is 104 cm³/mol. The Morgan fingerprint density at radius 2 is 1.75 bits per heavy atom. The van der Waals surface area contributed by atoms with E-state index in [1.165, 1.54) is 45.7 Å². The summed E-state index contributed by atoms with van der Waals surface area (Å²) < 4.78 is 20.8. The number of anilines is 1. The van der Waals surface area contributed by atoms with E-state index < -0.39 is 11.9 Å². The molecule has 0 unspecified atom stereocenters. The summed E-state index contributed by atoms with van der Waals surface area (Å²) in [7, 11) is 4.54. The van der Waals surface area contributed by atoms with E-state index in [-0.39, 0.29) is 12.4 Å². The predicted octanol–water partition coefficient (Wildman–Crippen LogP) is 2.94. The van der Waals surface area contributed by atoms with Gasteiger partial charge < -0.3 is 24.3 Å². The van der Waals surface area contributed by atoms with Crippen LogP contribution < -0.4 is 19.5 Å². The van der Waals surface area contributed by atoms with Gasteiger partial charge in [0.25, 0.3) is 0 Å². The lowest BCUT2D eigenvalue weighted by molar-refractivity contribution is -0.111. The third-order valence-corrected chi connectivity index (χ3v) is 3.64. The fraction of sp³-hybridized carbons (Fsp3) is 0.250. The molecule has 0 aliphatic carbocycles. The summed E-state index contributed by atoms with van der Waals surface area (Å²) in [6.45, 7) is 1.98. The number of benzene rings is 1. The van der Waals surface area contributed by atoms with Crippen molar-refractivity contribution in [1.82, 2.24) is 4.98 Å². The van der Waals surface area contributed by atoms with Crippen LogP contribution in [0.5, 0.6) is 17.2 Å². The van der Waals surface area contributed by atoms with Gasteiger partial charge in [-0.15, -0.1) is 0 Å². The van der Waals surface area contributed by atoms with Gasteiger partial charge in [-0.25, -0.2) is 9.78 Å². The number of rotatable bonds is 8. The van der Waals surface area contributed by atoms with E-state index in [4.69, 9.17) is 18.9 Å². The molecule has 148 valence electrons. The van der Waals surface area contributed by atoms with Gasteiger partial charge in [0.15, 0.2) is 11.5 Å². The van der Waals surface area contributed by atoms with E-state index in [2.05, 4.69) is 10.3 Å². The average molecular weight is 386 g/mol. The first-order valence-electron chi connectivity index (χ1n) is 8.44. The maximum Gasteiger partial charge on any atom is 0.338 e. The molecule has 0 aliphatic rings. The highest BCUT2D eigenvalue weighted by atomic mass is 16.5. The summed E-state index contributed by atoms with van der Waals surface area (Å²) in [6.07, 6.45) is 4.35. The molecule has 1 aromatic heterocycles. The molecule has 1 heterocycles. The lowest BCUT2D eigenvalue weighted by Gasteiger charge is -2.12. The van der Waals surface area contributed by atoms with Crippen molar-refractivity contribution >= 4 is 23.8 Å². The molecule has 0 spiro atoms. The number of pyridine rings is 1. The van der Waals surface area contributed by atoms with Gasteiger partial charge >= 0.3 is 5.97 Å². The normalized spacial score (nSPS) is 10.4. The number of carbonyl (C=O) groups excluding carboxylic acids is 2. The van der Waals surface area contributed by atoms with Crippen LogP contribution >= 0.6 is 0 Å². The number of hydrogen-bond acceptors (Lipinski definition) is 7. The number of hydrogen-bond donors (Lipinski definition) is 1. The van der Waals surface area contributed by atoms with Crippen LogP contribution in [0, 0.1) is 0 Å². The van der Waals surface area contributed by atoms with Crippen molar-refractivity contribution in [2.24, 2.45) is 0 Å². The zero-order chi connectivity index (χ0) is 20.5. The second kappa shape index (κ2) is 9.96. The van der Waals surface area contributed by atoms with Gasteiger partial charge in [-0.1, -0.05) is 0 Å². The van der Waals surface area contributed by atoms with Crippen LogP contribution in [0.25, 0.3) is 6.08 Å². The molecule has 0 fully saturated rings. The van der Waals surface area contributed by atoms with Crippen LogP contribution in [0.3, 0.4) is 0 Å². The van der Waals surface area contributed by atoms with Crippen LogP contribution in [0.2, 0.25) is 0 Å². The summed E-state index contributed by atoms with van der Waals surface area (Å²) in [5, 5.41) is 2.60. The van der Waals surface area contributed by atoms with E-state index in [1.54, 1.807) is 25.1 Å². The maximum atomic E-state index is 12.2. The van der Waals surface area contributed by atoms with Gasteiger partial charge in [-0.2, -0.15) is 0 Å². The van der Waals surface area contributed by atoms with Crippen LogP contribution in [-0.2, 0) is 9.53 Å². The zero-order valence-corrected chi connectivity index (χ0v) is 16.1. The standard InChI is InChI=1S/C20H22N2O6/c1-5-28-20(24)14-8-9-21-17(12-14)22-18(23)7-6-13-10-15(25-2)19(27-4)16(11-13)26-3/h6-12H,5H2,1-4H3,(H,21,22,23)/b7-6+. The molecule has 8 heteroatoms. The van der Waals surface area contributed by atoms with Crippen molar-refractivity contribution in [3.63, 3.8) is 0 Å². The largest absolute Gasteiger partial charge is 0.493 e.